The number of aromatic nitrogens is 2. The maximum Gasteiger partial charge on any atom is 0.345 e. The molecule has 0 spiro atoms. The molecule has 0 amide bonds. The Kier molecular flexibility index (Phi) is 9.51. The molecule has 1 aromatic carbocycles. The zero-order chi connectivity index (χ0) is 25.6. The van der Waals surface area contributed by atoms with Crippen molar-refractivity contribution in [3.63, 3.8) is 0 Å². The van der Waals surface area contributed by atoms with E-state index in [9.17, 15) is 18.1 Å². The summed E-state index contributed by atoms with van der Waals surface area (Å²) in [6.45, 7) is 10.1. The summed E-state index contributed by atoms with van der Waals surface area (Å²) in [5, 5.41) is 3.88. The Balaban J connectivity index is 2.31. The molecule has 0 N–H and O–H groups in total. The van der Waals surface area contributed by atoms with Gasteiger partial charge in [-0.3, -0.25) is 9.36 Å². The highest BCUT2D eigenvalue weighted by Gasteiger charge is 2.44. The van der Waals surface area contributed by atoms with Gasteiger partial charge >= 0.3 is 13.6 Å². The van der Waals surface area contributed by atoms with E-state index in [1.165, 1.54) is 24.3 Å². The summed E-state index contributed by atoms with van der Waals surface area (Å²) in [4.78, 5) is 17.2. The Morgan fingerprint density at radius 2 is 1.68 bits per heavy atom. The SMILES string of the molecule is CCCC(F)(F)c1ccc(-c2noc(CC(C(=O)OC(C)(C)C)P(=O)(OCC)OCC)n2)cc1. The average Bonchev–Trinajstić information content (AvgIpc) is 3.20. The highest BCUT2D eigenvalue weighted by Crippen LogP contribution is 2.54. The molecule has 1 heterocycles. The number of hydrogen-bond acceptors (Lipinski definition) is 8. The van der Waals surface area contributed by atoms with Gasteiger partial charge in [-0.15, -0.1) is 0 Å². The number of halogens is 2. The molecule has 1 unspecified atom stereocenters. The van der Waals surface area contributed by atoms with Gasteiger partial charge in [0, 0.05) is 17.5 Å². The van der Waals surface area contributed by atoms with Crippen LogP contribution in [0.2, 0.25) is 0 Å². The molecule has 1 aromatic heterocycles. The number of benzene rings is 1. The maximum atomic E-state index is 14.1. The predicted octanol–water partition coefficient (Wildman–Crippen LogP) is 6.15. The Morgan fingerprint density at radius 3 is 2.18 bits per heavy atom. The van der Waals surface area contributed by atoms with Gasteiger partial charge in [-0.05, 0) is 34.6 Å². The van der Waals surface area contributed by atoms with Gasteiger partial charge in [-0.1, -0.05) is 42.8 Å². The molecule has 2 aromatic rings. The van der Waals surface area contributed by atoms with Crippen molar-refractivity contribution < 1.29 is 36.4 Å². The van der Waals surface area contributed by atoms with E-state index >= 15 is 0 Å². The maximum absolute atomic E-state index is 14.1. The van der Waals surface area contributed by atoms with Crippen LogP contribution in [-0.4, -0.2) is 40.6 Å². The van der Waals surface area contributed by atoms with Gasteiger partial charge in [-0.2, -0.15) is 4.98 Å². The van der Waals surface area contributed by atoms with E-state index in [1.54, 1.807) is 41.5 Å². The smallest absolute Gasteiger partial charge is 0.345 e. The van der Waals surface area contributed by atoms with Crippen LogP contribution in [0, 0.1) is 0 Å². The van der Waals surface area contributed by atoms with Crippen molar-refractivity contribution in [1.82, 2.24) is 10.1 Å². The second-order valence-electron chi connectivity index (χ2n) is 8.67. The molecule has 0 saturated carbocycles. The first-order valence-electron chi connectivity index (χ1n) is 11.3. The van der Waals surface area contributed by atoms with Crippen molar-refractivity contribution in [2.75, 3.05) is 13.2 Å². The van der Waals surface area contributed by atoms with Gasteiger partial charge < -0.3 is 18.3 Å². The molecule has 0 aliphatic rings. The first-order valence-corrected chi connectivity index (χ1v) is 12.9. The third-order valence-electron chi connectivity index (χ3n) is 4.64. The summed E-state index contributed by atoms with van der Waals surface area (Å²) >= 11 is 0. The summed E-state index contributed by atoms with van der Waals surface area (Å²) in [5.41, 5.74) is -1.80. The van der Waals surface area contributed by atoms with Crippen molar-refractivity contribution >= 4 is 13.6 Å². The lowest BCUT2D eigenvalue weighted by molar-refractivity contribution is -0.154. The summed E-state index contributed by atoms with van der Waals surface area (Å²) in [6.07, 6.45) is -0.133. The zero-order valence-corrected chi connectivity index (χ0v) is 21.4. The third-order valence-corrected chi connectivity index (χ3v) is 7.04. The quantitative estimate of drug-likeness (QED) is 0.252. The van der Waals surface area contributed by atoms with Crippen molar-refractivity contribution in [3.05, 3.63) is 35.7 Å². The second kappa shape index (κ2) is 11.5. The molecule has 0 aliphatic heterocycles. The van der Waals surface area contributed by atoms with Crippen LogP contribution in [-0.2, 0) is 35.5 Å². The Bertz CT molecular complexity index is 978. The molecule has 8 nitrogen and oxygen atoms in total. The van der Waals surface area contributed by atoms with Crippen LogP contribution < -0.4 is 0 Å². The van der Waals surface area contributed by atoms with E-state index < -0.39 is 30.7 Å². The molecule has 0 bridgehead atoms. The standard InChI is InChI=1S/C23H33F2N2O6P/c1-7-14-23(24,25)17-12-10-16(11-13-17)20-26-19(33-27-20)15-18(21(28)32-22(4,5)6)34(29,30-8-2)31-9-3/h10-13,18H,7-9,14-15H2,1-6H3. The van der Waals surface area contributed by atoms with E-state index in [-0.39, 0.29) is 43.3 Å². The van der Waals surface area contributed by atoms with Gasteiger partial charge in [0.05, 0.1) is 19.6 Å². The third kappa shape index (κ3) is 7.42. The van der Waals surface area contributed by atoms with Crippen LogP contribution in [0.5, 0.6) is 0 Å². The molecule has 190 valence electrons. The number of alkyl halides is 2. The first kappa shape index (κ1) is 28.1. The highest BCUT2D eigenvalue weighted by molar-refractivity contribution is 7.55. The van der Waals surface area contributed by atoms with Crippen molar-refractivity contribution in [2.24, 2.45) is 0 Å². The van der Waals surface area contributed by atoms with Crippen LogP contribution in [0.25, 0.3) is 11.4 Å². The molecule has 34 heavy (non-hydrogen) atoms. The molecular formula is C23H33F2N2O6P. The zero-order valence-electron chi connectivity index (χ0n) is 20.5. The fourth-order valence-corrected chi connectivity index (χ4v) is 5.06. The van der Waals surface area contributed by atoms with Gasteiger partial charge in [0.2, 0.25) is 11.7 Å². The summed E-state index contributed by atoms with van der Waals surface area (Å²) in [5.74, 6) is -3.55. The largest absolute Gasteiger partial charge is 0.459 e. The predicted molar refractivity (Wildman–Crippen MR) is 123 cm³/mol. The average molecular weight is 502 g/mol. The summed E-state index contributed by atoms with van der Waals surface area (Å²) < 4.78 is 63.1. The minimum Gasteiger partial charge on any atom is -0.459 e. The Morgan fingerprint density at radius 1 is 1.09 bits per heavy atom. The highest BCUT2D eigenvalue weighted by atomic mass is 31.2. The molecule has 11 heteroatoms. The molecule has 0 saturated heterocycles. The van der Waals surface area contributed by atoms with Crippen LogP contribution in [0.15, 0.2) is 28.8 Å². The molecule has 2 rings (SSSR count). The number of rotatable bonds is 12. The fraction of sp³-hybridized carbons (Fsp3) is 0.609. The molecular weight excluding hydrogens is 469 g/mol. The number of esters is 1. The van der Waals surface area contributed by atoms with E-state index in [0.29, 0.717) is 12.0 Å². The van der Waals surface area contributed by atoms with Crippen LogP contribution in [0.4, 0.5) is 8.78 Å². The lowest BCUT2D eigenvalue weighted by atomic mass is 10.0. The number of ether oxygens (including phenoxy) is 1. The minimum absolute atomic E-state index is 0.00544. The fourth-order valence-electron chi connectivity index (χ4n) is 3.21. The first-order chi connectivity index (χ1) is 15.8. The van der Waals surface area contributed by atoms with E-state index in [2.05, 4.69) is 10.1 Å². The Hall–Kier alpha value is -2.16. The Labute approximate surface area is 198 Å². The van der Waals surface area contributed by atoms with Crippen LogP contribution in [0.1, 0.15) is 65.8 Å². The topological polar surface area (TPSA) is 101 Å². The molecule has 0 fully saturated rings. The summed E-state index contributed by atoms with van der Waals surface area (Å²) in [6, 6.07) is 5.60. The minimum atomic E-state index is -3.92. The van der Waals surface area contributed by atoms with Gasteiger partial charge in [-0.25, -0.2) is 8.78 Å². The normalized spacial score (nSPS) is 13.6. The van der Waals surface area contributed by atoms with E-state index in [0.717, 1.165) is 0 Å². The molecule has 1 atom stereocenters. The number of carbonyl (C=O) groups excluding carboxylic acids is 1. The van der Waals surface area contributed by atoms with Gasteiger partial charge in [0.15, 0.2) is 5.66 Å². The van der Waals surface area contributed by atoms with Gasteiger partial charge in [0.25, 0.3) is 5.92 Å². The molecule has 0 radical (unpaired) electrons. The van der Waals surface area contributed by atoms with E-state index in [1.807, 2.05) is 0 Å². The van der Waals surface area contributed by atoms with Gasteiger partial charge in [0.1, 0.15) is 5.60 Å². The van der Waals surface area contributed by atoms with Crippen LogP contribution in [0.3, 0.4) is 0 Å². The lowest BCUT2D eigenvalue weighted by Gasteiger charge is -2.27. The second-order valence-corrected chi connectivity index (χ2v) is 10.9. The van der Waals surface area contributed by atoms with Crippen molar-refractivity contribution in [1.29, 1.82) is 0 Å². The number of carbonyl (C=O) groups is 1. The van der Waals surface area contributed by atoms with Crippen LogP contribution >= 0.6 is 7.60 Å². The number of hydrogen-bond donors (Lipinski definition) is 0. The summed E-state index contributed by atoms with van der Waals surface area (Å²) in [7, 11) is -3.92. The van der Waals surface area contributed by atoms with Crippen molar-refractivity contribution in [3.8, 4) is 11.4 Å². The molecule has 0 aliphatic carbocycles. The monoisotopic (exact) mass is 502 g/mol. The lowest BCUT2D eigenvalue weighted by Crippen LogP contribution is -2.34. The van der Waals surface area contributed by atoms with E-state index in [4.69, 9.17) is 18.3 Å². The number of nitrogens with zero attached hydrogens (tertiary/aromatic N) is 2. The van der Waals surface area contributed by atoms with Crippen molar-refractivity contribution in [2.45, 2.75) is 78.0 Å².